The molecule has 182 valence electrons. The first-order chi connectivity index (χ1) is 16.7. The number of aromatic nitrogens is 1. The summed E-state index contributed by atoms with van der Waals surface area (Å²) in [5.74, 6) is -2.32. The standard InChI is InChI=1S/C26H26F2N4O3/c1-17(2)30-26(35)25(18-9-11-19(27)12-10-18)32(21-7-5-6-20(28)16-21)24(34)14-13-23(33)31-22-8-3-4-15-29-22/h3-12,15-17,25H,13-14H2,1-2H3,(H,30,35)(H,29,31,33)/t25-/m1/s1. The zero-order chi connectivity index (χ0) is 25.4. The van der Waals surface area contributed by atoms with E-state index in [1.54, 1.807) is 32.0 Å². The van der Waals surface area contributed by atoms with Crippen molar-refractivity contribution in [3.05, 3.63) is 90.1 Å². The summed E-state index contributed by atoms with van der Waals surface area (Å²) in [7, 11) is 0. The maximum atomic E-state index is 14.1. The van der Waals surface area contributed by atoms with Crippen LogP contribution >= 0.6 is 0 Å². The van der Waals surface area contributed by atoms with Crippen LogP contribution in [0.1, 0.15) is 38.3 Å². The highest BCUT2D eigenvalue weighted by atomic mass is 19.1. The molecule has 0 saturated carbocycles. The largest absolute Gasteiger partial charge is 0.352 e. The smallest absolute Gasteiger partial charge is 0.248 e. The van der Waals surface area contributed by atoms with Gasteiger partial charge in [0.1, 0.15) is 23.5 Å². The molecule has 0 unspecified atom stereocenters. The lowest BCUT2D eigenvalue weighted by Gasteiger charge is -2.32. The first-order valence-electron chi connectivity index (χ1n) is 11.1. The number of carbonyl (C=O) groups is 3. The molecule has 1 heterocycles. The number of halogens is 2. The van der Waals surface area contributed by atoms with Crippen molar-refractivity contribution in [2.24, 2.45) is 0 Å². The van der Waals surface area contributed by atoms with Crippen LogP contribution in [0.5, 0.6) is 0 Å². The van der Waals surface area contributed by atoms with Crippen LogP contribution in [0.15, 0.2) is 72.9 Å². The minimum absolute atomic E-state index is 0.133. The third-order valence-electron chi connectivity index (χ3n) is 4.98. The van der Waals surface area contributed by atoms with E-state index >= 15 is 0 Å². The molecule has 0 radical (unpaired) electrons. The summed E-state index contributed by atoms with van der Waals surface area (Å²) in [4.78, 5) is 44.2. The van der Waals surface area contributed by atoms with Gasteiger partial charge in [-0.2, -0.15) is 0 Å². The minimum Gasteiger partial charge on any atom is -0.352 e. The van der Waals surface area contributed by atoms with Gasteiger partial charge in [-0.3, -0.25) is 19.3 Å². The second-order valence-corrected chi connectivity index (χ2v) is 8.12. The van der Waals surface area contributed by atoms with Crippen LogP contribution in [0, 0.1) is 11.6 Å². The van der Waals surface area contributed by atoms with E-state index in [0.717, 1.165) is 11.0 Å². The average Bonchev–Trinajstić information content (AvgIpc) is 2.82. The third-order valence-corrected chi connectivity index (χ3v) is 4.98. The molecule has 3 amide bonds. The molecule has 0 aliphatic carbocycles. The molecular weight excluding hydrogens is 454 g/mol. The number of benzene rings is 2. The topological polar surface area (TPSA) is 91.4 Å². The lowest BCUT2D eigenvalue weighted by molar-refractivity contribution is -0.127. The number of hydrogen-bond donors (Lipinski definition) is 2. The van der Waals surface area contributed by atoms with E-state index in [2.05, 4.69) is 15.6 Å². The van der Waals surface area contributed by atoms with Crippen molar-refractivity contribution in [2.75, 3.05) is 10.2 Å². The highest BCUT2D eigenvalue weighted by molar-refractivity contribution is 6.03. The third kappa shape index (κ3) is 7.17. The number of anilines is 2. The summed E-state index contributed by atoms with van der Waals surface area (Å²) in [6.45, 7) is 3.52. The number of nitrogens with zero attached hydrogens (tertiary/aromatic N) is 2. The van der Waals surface area contributed by atoms with Gasteiger partial charge in [0.15, 0.2) is 0 Å². The van der Waals surface area contributed by atoms with Crippen molar-refractivity contribution >= 4 is 29.2 Å². The minimum atomic E-state index is -1.22. The molecule has 3 rings (SSSR count). The van der Waals surface area contributed by atoms with Crippen molar-refractivity contribution < 1.29 is 23.2 Å². The van der Waals surface area contributed by atoms with E-state index in [4.69, 9.17) is 0 Å². The maximum absolute atomic E-state index is 14.1. The highest BCUT2D eigenvalue weighted by Crippen LogP contribution is 2.30. The Hall–Kier alpha value is -4.14. The van der Waals surface area contributed by atoms with Crippen LogP contribution in [0.25, 0.3) is 0 Å². The van der Waals surface area contributed by atoms with Gasteiger partial charge in [0.25, 0.3) is 0 Å². The number of carbonyl (C=O) groups excluding carboxylic acids is 3. The van der Waals surface area contributed by atoms with Gasteiger partial charge in [0.05, 0.1) is 0 Å². The number of nitrogens with one attached hydrogen (secondary N) is 2. The fraction of sp³-hybridized carbons (Fsp3) is 0.231. The fourth-order valence-corrected chi connectivity index (χ4v) is 3.47. The molecule has 0 spiro atoms. The zero-order valence-electron chi connectivity index (χ0n) is 19.4. The van der Waals surface area contributed by atoms with Gasteiger partial charge in [-0.05, 0) is 61.9 Å². The Kier molecular flexibility index (Phi) is 8.61. The molecule has 0 aliphatic rings. The molecule has 1 atom stereocenters. The van der Waals surface area contributed by atoms with Crippen molar-refractivity contribution in [3.63, 3.8) is 0 Å². The molecule has 2 aromatic carbocycles. The fourth-order valence-electron chi connectivity index (χ4n) is 3.47. The highest BCUT2D eigenvalue weighted by Gasteiger charge is 2.33. The monoisotopic (exact) mass is 480 g/mol. The van der Waals surface area contributed by atoms with Gasteiger partial charge in [-0.1, -0.05) is 24.3 Å². The van der Waals surface area contributed by atoms with Crippen molar-refractivity contribution in [2.45, 2.75) is 38.8 Å². The predicted octanol–water partition coefficient (Wildman–Crippen LogP) is 4.38. The molecule has 0 saturated heterocycles. The summed E-state index contributed by atoms with van der Waals surface area (Å²) >= 11 is 0. The molecule has 9 heteroatoms. The van der Waals surface area contributed by atoms with Gasteiger partial charge < -0.3 is 10.6 Å². The molecule has 1 aromatic heterocycles. The molecule has 35 heavy (non-hydrogen) atoms. The van der Waals surface area contributed by atoms with Crippen molar-refractivity contribution in [3.8, 4) is 0 Å². The second kappa shape index (κ2) is 11.8. The first kappa shape index (κ1) is 25.5. The van der Waals surface area contributed by atoms with E-state index in [-0.39, 0.29) is 24.6 Å². The van der Waals surface area contributed by atoms with E-state index in [1.807, 2.05) is 0 Å². The Labute approximate surface area is 202 Å². The lowest BCUT2D eigenvalue weighted by atomic mass is 10.0. The van der Waals surface area contributed by atoms with Gasteiger partial charge in [-0.25, -0.2) is 13.8 Å². The summed E-state index contributed by atoms with van der Waals surface area (Å²) < 4.78 is 27.7. The second-order valence-electron chi connectivity index (χ2n) is 8.12. The molecule has 3 aromatic rings. The molecule has 0 fully saturated rings. The molecular formula is C26H26F2N4O3. The normalized spacial score (nSPS) is 11.6. The van der Waals surface area contributed by atoms with Crippen molar-refractivity contribution in [1.82, 2.24) is 10.3 Å². The maximum Gasteiger partial charge on any atom is 0.248 e. The van der Waals surface area contributed by atoms with Crippen molar-refractivity contribution in [1.29, 1.82) is 0 Å². The van der Waals surface area contributed by atoms with Crippen LogP contribution in [-0.2, 0) is 14.4 Å². The van der Waals surface area contributed by atoms with Gasteiger partial charge >= 0.3 is 0 Å². The lowest BCUT2D eigenvalue weighted by Crippen LogP contribution is -2.46. The number of amides is 3. The summed E-state index contributed by atoms with van der Waals surface area (Å²) in [5, 5.41) is 5.36. The molecule has 7 nitrogen and oxygen atoms in total. The first-order valence-corrected chi connectivity index (χ1v) is 11.1. The van der Waals surface area contributed by atoms with Crippen LogP contribution in [-0.4, -0.2) is 28.7 Å². The van der Waals surface area contributed by atoms with Crippen LogP contribution in [0.4, 0.5) is 20.3 Å². The Bertz CT molecular complexity index is 1170. The molecule has 2 N–H and O–H groups in total. The Morgan fingerprint density at radius 2 is 1.66 bits per heavy atom. The van der Waals surface area contributed by atoms with E-state index in [9.17, 15) is 23.2 Å². The number of pyridine rings is 1. The summed E-state index contributed by atoms with van der Waals surface area (Å²) in [6, 6.07) is 14.0. The van der Waals surface area contributed by atoms with E-state index in [1.165, 1.54) is 48.7 Å². The Morgan fingerprint density at radius 1 is 0.914 bits per heavy atom. The number of hydrogen-bond acceptors (Lipinski definition) is 4. The average molecular weight is 481 g/mol. The molecule has 0 aliphatic heterocycles. The van der Waals surface area contributed by atoms with E-state index < -0.39 is 35.4 Å². The Balaban J connectivity index is 1.93. The van der Waals surface area contributed by atoms with Crippen LogP contribution in [0.2, 0.25) is 0 Å². The quantitative estimate of drug-likeness (QED) is 0.476. The number of rotatable bonds is 9. The van der Waals surface area contributed by atoms with E-state index in [0.29, 0.717) is 11.4 Å². The molecule has 0 bridgehead atoms. The van der Waals surface area contributed by atoms with Crippen LogP contribution < -0.4 is 15.5 Å². The van der Waals surface area contributed by atoms with Gasteiger partial charge in [0.2, 0.25) is 17.7 Å². The van der Waals surface area contributed by atoms with Crippen LogP contribution in [0.3, 0.4) is 0 Å². The Morgan fingerprint density at radius 3 is 2.29 bits per heavy atom. The summed E-state index contributed by atoms with van der Waals surface area (Å²) in [6.07, 6.45) is 1.07. The zero-order valence-corrected chi connectivity index (χ0v) is 19.4. The van der Waals surface area contributed by atoms with Gasteiger partial charge in [0, 0.05) is 30.8 Å². The predicted molar refractivity (Wildman–Crippen MR) is 128 cm³/mol. The summed E-state index contributed by atoms with van der Waals surface area (Å²) in [5.41, 5.74) is 0.466. The van der Waals surface area contributed by atoms with Gasteiger partial charge in [-0.15, -0.1) is 0 Å². The SMILES string of the molecule is CC(C)NC(=O)[C@@H](c1ccc(F)cc1)N(C(=O)CCC(=O)Nc1ccccn1)c1cccc(F)c1.